The van der Waals surface area contributed by atoms with Gasteiger partial charge in [-0.05, 0) is 44.4 Å². The maximum absolute atomic E-state index is 6.56. The third-order valence-electron chi connectivity index (χ3n) is 4.47. The normalized spacial score (nSPS) is 28.8. The van der Waals surface area contributed by atoms with Crippen molar-refractivity contribution in [2.75, 3.05) is 0 Å². The first-order valence-corrected chi connectivity index (χ1v) is 7.19. The van der Waals surface area contributed by atoms with E-state index in [9.17, 15) is 0 Å². The monoisotopic (exact) mass is 250 g/mol. The molecule has 1 fully saturated rings. The number of aromatic nitrogens is 3. The molecular formula is C14H26N4. The second-order valence-electron chi connectivity index (χ2n) is 6.11. The largest absolute Gasteiger partial charge is 0.325 e. The van der Waals surface area contributed by atoms with Crippen molar-refractivity contribution < 1.29 is 0 Å². The molecule has 2 rings (SSSR count). The van der Waals surface area contributed by atoms with Crippen molar-refractivity contribution in [1.29, 1.82) is 0 Å². The Morgan fingerprint density at radius 2 is 2.11 bits per heavy atom. The standard InChI is InChI=1S/C14H26N4/c1-4-18-13(16-10-17-18)9-14(15)7-5-12(6-8-14)11(2)3/h10-12H,4-9,15H2,1-3H3. The highest BCUT2D eigenvalue weighted by molar-refractivity contribution is 5.00. The number of rotatable bonds is 4. The second-order valence-corrected chi connectivity index (χ2v) is 6.11. The smallest absolute Gasteiger partial charge is 0.138 e. The summed E-state index contributed by atoms with van der Waals surface area (Å²) < 4.78 is 1.96. The SMILES string of the molecule is CCn1ncnc1CC1(N)CCC(C(C)C)CC1. The van der Waals surface area contributed by atoms with Crippen LogP contribution in [-0.2, 0) is 13.0 Å². The predicted molar refractivity (Wildman–Crippen MR) is 73.1 cm³/mol. The van der Waals surface area contributed by atoms with Crippen molar-refractivity contribution in [3.63, 3.8) is 0 Å². The molecule has 0 amide bonds. The lowest BCUT2D eigenvalue weighted by molar-refractivity contribution is 0.191. The van der Waals surface area contributed by atoms with Crippen LogP contribution in [0.2, 0.25) is 0 Å². The molecule has 1 heterocycles. The molecule has 0 unspecified atom stereocenters. The van der Waals surface area contributed by atoms with Crippen molar-refractivity contribution in [3.8, 4) is 0 Å². The van der Waals surface area contributed by atoms with Crippen molar-refractivity contribution in [2.24, 2.45) is 17.6 Å². The zero-order valence-corrected chi connectivity index (χ0v) is 11.9. The van der Waals surface area contributed by atoms with Crippen LogP contribution in [0.15, 0.2) is 6.33 Å². The van der Waals surface area contributed by atoms with Gasteiger partial charge in [0, 0.05) is 18.5 Å². The molecule has 18 heavy (non-hydrogen) atoms. The molecule has 4 nitrogen and oxygen atoms in total. The van der Waals surface area contributed by atoms with E-state index in [1.165, 1.54) is 12.8 Å². The summed E-state index contributed by atoms with van der Waals surface area (Å²) in [6, 6.07) is 0. The molecule has 102 valence electrons. The van der Waals surface area contributed by atoms with Crippen molar-refractivity contribution in [2.45, 2.75) is 65.0 Å². The van der Waals surface area contributed by atoms with Gasteiger partial charge in [0.25, 0.3) is 0 Å². The van der Waals surface area contributed by atoms with Gasteiger partial charge in [0.1, 0.15) is 12.2 Å². The van der Waals surface area contributed by atoms with Crippen molar-refractivity contribution >= 4 is 0 Å². The minimum atomic E-state index is -0.0641. The van der Waals surface area contributed by atoms with E-state index in [2.05, 4.69) is 30.9 Å². The average Bonchev–Trinajstić information content (AvgIpc) is 2.76. The van der Waals surface area contributed by atoms with Gasteiger partial charge in [-0.25, -0.2) is 4.98 Å². The summed E-state index contributed by atoms with van der Waals surface area (Å²) in [5, 5.41) is 4.22. The Bertz CT molecular complexity index is 375. The fourth-order valence-corrected chi connectivity index (χ4v) is 3.06. The predicted octanol–water partition coefficient (Wildman–Crippen LogP) is 2.38. The second kappa shape index (κ2) is 5.39. The molecule has 2 N–H and O–H groups in total. The highest BCUT2D eigenvalue weighted by Crippen LogP contribution is 2.35. The van der Waals surface area contributed by atoms with Gasteiger partial charge in [-0.2, -0.15) is 5.10 Å². The molecule has 1 aromatic rings. The van der Waals surface area contributed by atoms with Gasteiger partial charge in [0.2, 0.25) is 0 Å². The first kappa shape index (κ1) is 13.5. The third-order valence-corrected chi connectivity index (χ3v) is 4.47. The lowest BCUT2D eigenvalue weighted by Crippen LogP contribution is -2.46. The first-order chi connectivity index (χ1) is 8.54. The summed E-state index contributed by atoms with van der Waals surface area (Å²) >= 11 is 0. The van der Waals surface area contributed by atoms with Crippen LogP contribution in [0.1, 0.15) is 52.3 Å². The number of hydrogen-bond acceptors (Lipinski definition) is 3. The molecule has 0 atom stereocenters. The number of nitrogens with two attached hydrogens (primary N) is 1. The maximum Gasteiger partial charge on any atom is 0.138 e. The van der Waals surface area contributed by atoms with E-state index in [0.29, 0.717) is 0 Å². The van der Waals surface area contributed by atoms with Gasteiger partial charge in [0.05, 0.1) is 0 Å². The highest BCUT2D eigenvalue weighted by atomic mass is 15.3. The summed E-state index contributed by atoms with van der Waals surface area (Å²) in [5.74, 6) is 2.68. The van der Waals surface area contributed by atoms with Crippen LogP contribution in [0.3, 0.4) is 0 Å². The van der Waals surface area contributed by atoms with Gasteiger partial charge in [-0.3, -0.25) is 4.68 Å². The molecule has 1 aliphatic rings. The van der Waals surface area contributed by atoms with Crippen LogP contribution in [-0.4, -0.2) is 20.3 Å². The van der Waals surface area contributed by atoms with E-state index in [4.69, 9.17) is 5.73 Å². The molecule has 1 aliphatic carbocycles. The third kappa shape index (κ3) is 2.91. The Labute approximate surface area is 110 Å². The topological polar surface area (TPSA) is 56.7 Å². The highest BCUT2D eigenvalue weighted by Gasteiger charge is 2.33. The van der Waals surface area contributed by atoms with Crippen LogP contribution in [0.5, 0.6) is 0 Å². The summed E-state index contributed by atoms with van der Waals surface area (Å²) in [6.07, 6.45) is 7.26. The summed E-state index contributed by atoms with van der Waals surface area (Å²) in [7, 11) is 0. The fourth-order valence-electron chi connectivity index (χ4n) is 3.06. The molecule has 0 radical (unpaired) electrons. The number of nitrogens with zero attached hydrogens (tertiary/aromatic N) is 3. The van der Waals surface area contributed by atoms with E-state index >= 15 is 0 Å². The van der Waals surface area contributed by atoms with Crippen LogP contribution in [0, 0.1) is 11.8 Å². The zero-order chi connectivity index (χ0) is 13.2. The van der Waals surface area contributed by atoms with Gasteiger partial charge in [0.15, 0.2) is 0 Å². The van der Waals surface area contributed by atoms with Crippen LogP contribution < -0.4 is 5.73 Å². The van der Waals surface area contributed by atoms with E-state index in [0.717, 1.165) is 43.5 Å². The van der Waals surface area contributed by atoms with Crippen LogP contribution >= 0.6 is 0 Å². The van der Waals surface area contributed by atoms with Crippen molar-refractivity contribution in [3.05, 3.63) is 12.2 Å². The molecule has 1 saturated carbocycles. The fraction of sp³-hybridized carbons (Fsp3) is 0.857. The molecule has 0 aliphatic heterocycles. The molecule has 0 saturated heterocycles. The van der Waals surface area contributed by atoms with E-state index < -0.39 is 0 Å². The lowest BCUT2D eigenvalue weighted by atomic mass is 9.72. The maximum atomic E-state index is 6.56. The van der Waals surface area contributed by atoms with Gasteiger partial charge >= 0.3 is 0 Å². The van der Waals surface area contributed by atoms with Crippen LogP contribution in [0.25, 0.3) is 0 Å². The van der Waals surface area contributed by atoms with Crippen LogP contribution in [0.4, 0.5) is 0 Å². The molecule has 4 heteroatoms. The Morgan fingerprint density at radius 3 is 2.67 bits per heavy atom. The quantitative estimate of drug-likeness (QED) is 0.892. The minimum absolute atomic E-state index is 0.0641. The molecule has 0 bridgehead atoms. The molecule has 0 spiro atoms. The van der Waals surface area contributed by atoms with Gasteiger partial charge in [-0.1, -0.05) is 13.8 Å². The zero-order valence-electron chi connectivity index (χ0n) is 11.9. The van der Waals surface area contributed by atoms with Gasteiger partial charge in [-0.15, -0.1) is 0 Å². The molecule has 0 aromatic carbocycles. The Hall–Kier alpha value is -0.900. The summed E-state index contributed by atoms with van der Waals surface area (Å²) in [4.78, 5) is 4.35. The Balaban J connectivity index is 1.97. The summed E-state index contributed by atoms with van der Waals surface area (Å²) in [5.41, 5.74) is 6.49. The van der Waals surface area contributed by atoms with E-state index in [1.807, 2.05) is 4.68 Å². The Kier molecular flexibility index (Phi) is 4.05. The van der Waals surface area contributed by atoms with Crippen molar-refractivity contribution in [1.82, 2.24) is 14.8 Å². The van der Waals surface area contributed by atoms with E-state index in [-0.39, 0.29) is 5.54 Å². The minimum Gasteiger partial charge on any atom is -0.325 e. The van der Waals surface area contributed by atoms with E-state index in [1.54, 1.807) is 6.33 Å². The molecular weight excluding hydrogens is 224 g/mol. The van der Waals surface area contributed by atoms with Gasteiger partial charge < -0.3 is 5.73 Å². The Morgan fingerprint density at radius 1 is 1.44 bits per heavy atom. The number of hydrogen-bond donors (Lipinski definition) is 1. The lowest BCUT2D eigenvalue weighted by Gasteiger charge is -2.38. The molecule has 1 aromatic heterocycles. The average molecular weight is 250 g/mol. The first-order valence-electron chi connectivity index (χ1n) is 7.19. The number of aryl methyl sites for hydroxylation is 1. The summed E-state index contributed by atoms with van der Waals surface area (Å²) in [6.45, 7) is 7.61.